The van der Waals surface area contributed by atoms with Crippen molar-refractivity contribution in [1.82, 2.24) is 15.1 Å². The van der Waals surface area contributed by atoms with Crippen LogP contribution in [0.4, 0.5) is 4.79 Å². The summed E-state index contributed by atoms with van der Waals surface area (Å²) in [6.45, 7) is 2.59. The topological polar surface area (TPSA) is 116 Å². The zero-order chi connectivity index (χ0) is 20.2. The summed E-state index contributed by atoms with van der Waals surface area (Å²) in [5, 5.41) is 11.5. The lowest BCUT2D eigenvalue weighted by molar-refractivity contribution is -0.145. The number of nitrogens with zero attached hydrogens (tertiary/aromatic N) is 2. The van der Waals surface area contributed by atoms with Crippen LogP contribution >= 0.6 is 0 Å². The van der Waals surface area contributed by atoms with Gasteiger partial charge < -0.3 is 20.1 Å². The molecule has 4 amide bonds. The maximum Gasteiger partial charge on any atom is 0.325 e. The van der Waals surface area contributed by atoms with E-state index >= 15 is 0 Å². The van der Waals surface area contributed by atoms with Crippen LogP contribution in [0, 0.1) is 0 Å². The van der Waals surface area contributed by atoms with Gasteiger partial charge in [-0.2, -0.15) is 0 Å². The van der Waals surface area contributed by atoms with E-state index in [1.165, 1.54) is 7.11 Å². The second kappa shape index (κ2) is 8.07. The van der Waals surface area contributed by atoms with E-state index < -0.39 is 42.4 Å². The summed E-state index contributed by atoms with van der Waals surface area (Å²) >= 11 is 0. The van der Waals surface area contributed by atoms with Crippen molar-refractivity contribution in [3.63, 3.8) is 0 Å². The number of nitrogens with one attached hydrogen (secondary N) is 1. The molecule has 1 atom stereocenters. The molecule has 0 aromatic heterocycles. The fourth-order valence-electron chi connectivity index (χ4n) is 2.92. The summed E-state index contributed by atoms with van der Waals surface area (Å²) in [7, 11) is 1.52. The number of carboxylic acids is 1. The van der Waals surface area contributed by atoms with Gasteiger partial charge in [0.2, 0.25) is 5.91 Å². The number of carbonyl (C=O) groups is 4. The van der Waals surface area contributed by atoms with E-state index in [9.17, 15) is 19.2 Å². The summed E-state index contributed by atoms with van der Waals surface area (Å²) in [6, 6.07) is 5.97. The molecule has 0 bridgehead atoms. The Labute approximate surface area is 156 Å². The number of benzene rings is 1. The van der Waals surface area contributed by atoms with Gasteiger partial charge in [0, 0.05) is 6.54 Å². The van der Waals surface area contributed by atoms with Crippen molar-refractivity contribution < 1.29 is 29.0 Å². The van der Waals surface area contributed by atoms with Gasteiger partial charge in [-0.3, -0.25) is 19.3 Å². The van der Waals surface area contributed by atoms with Crippen LogP contribution < -0.4 is 10.1 Å². The molecule has 1 aromatic rings. The quantitative estimate of drug-likeness (QED) is 0.647. The third-order valence-electron chi connectivity index (χ3n) is 4.41. The second-order valence-electron chi connectivity index (χ2n) is 6.38. The number of aliphatic carboxylic acids is 1. The lowest BCUT2D eigenvalue weighted by Gasteiger charge is -2.24. The minimum atomic E-state index is -1.31. The van der Waals surface area contributed by atoms with Crippen LogP contribution in [0.1, 0.15) is 25.8 Å². The van der Waals surface area contributed by atoms with Crippen molar-refractivity contribution in [3.8, 4) is 5.75 Å². The number of carboxylic acid groups (broad SMARTS) is 1. The van der Waals surface area contributed by atoms with Gasteiger partial charge in [0.15, 0.2) is 0 Å². The standard InChI is InChI=1S/C18H23N3O6/c1-4-9-20(11-15(23)24)14(22)10-21-16(25)18(2,19-17(21)26)12-5-7-13(27-3)8-6-12/h5-8H,4,9-11H2,1-3H3,(H,19,26)(H,23,24). The van der Waals surface area contributed by atoms with E-state index in [1.54, 1.807) is 38.1 Å². The summed E-state index contributed by atoms with van der Waals surface area (Å²) in [6.07, 6.45) is 0.558. The SMILES string of the molecule is CCCN(CC(=O)O)C(=O)CN1C(=O)NC(C)(c2ccc(OC)cc2)C1=O. The average Bonchev–Trinajstić information content (AvgIpc) is 2.85. The molecule has 0 aliphatic carbocycles. The van der Waals surface area contributed by atoms with Crippen LogP contribution in [-0.2, 0) is 19.9 Å². The molecule has 2 rings (SSSR count). The van der Waals surface area contributed by atoms with Crippen molar-refractivity contribution in [2.75, 3.05) is 26.7 Å². The predicted octanol–water partition coefficient (Wildman–Crippen LogP) is 0.785. The molecule has 1 saturated heterocycles. The van der Waals surface area contributed by atoms with Gasteiger partial charge in [-0.15, -0.1) is 0 Å². The van der Waals surface area contributed by atoms with E-state index in [0.29, 0.717) is 17.7 Å². The van der Waals surface area contributed by atoms with Crippen LogP contribution in [0.2, 0.25) is 0 Å². The summed E-state index contributed by atoms with van der Waals surface area (Å²) in [5.74, 6) is -1.72. The number of methoxy groups -OCH3 is 1. The Bertz CT molecular complexity index is 748. The number of amides is 4. The molecular weight excluding hydrogens is 354 g/mol. The van der Waals surface area contributed by atoms with Gasteiger partial charge in [0.1, 0.15) is 24.4 Å². The van der Waals surface area contributed by atoms with E-state index in [2.05, 4.69) is 5.32 Å². The van der Waals surface area contributed by atoms with Crippen LogP contribution in [0.3, 0.4) is 0 Å². The van der Waals surface area contributed by atoms with Crippen molar-refractivity contribution >= 4 is 23.8 Å². The van der Waals surface area contributed by atoms with Crippen LogP contribution in [0.15, 0.2) is 24.3 Å². The number of urea groups is 1. The minimum Gasteiger partial charge on any atom is -0.497 e. The lowest BCUT2D eigenvalue weighted by Crippen LogP contribution is -2.46. The number of carbonyl (C=O) groups excluding carboxylic acids is 3. The molecule has 1 aromatic carbocycles. The Morgan fingerprint density at radius 3 is 2.41 bits per heavy atom. The molecule has 0 saturated carbocycles. The second-order valence-corrected chi connectivity index (χ2v) is 6.38. The first-order valence-electron chi connectivity index (χ1n) is 8.51. The van der Waals surface area contributed by atoms with Gasteiger partial charge in [-0.1, -0.05) is 19.1 Å². The summed E-state index contributed by atoms with van der Waals surface area (Å²) in [4.78, 5) is 50.5. The normalized spacial score (nSPS) is 19.0. The Kier molecular flexibility index (Phi) is 6.04. The van der Waals surface area contributed by atoms with Crippen molar-refractivity contribution in [3.05, 3.63) is 29.8 Å². The van der Waals surface area contributed by atoms with Crippen LogP contribution in [0.5, 0.6) is 5.75 Å². The molecule has 27 heavy (non-hydrogen) atoms. The highest BCUT2D eigenvalue weighted by Crippen LogP contribution is 2.30. The Morgan fingerprint density at radius 1 is 1.26 bits per heavy atom. The number of hydrogen-bond donors (Lipinski definition) is 2. The zero-order valence-corrected chi connectivity index (χ0v) is 15.5. The van der Waals surface area contributed by atoms with E-state index in [4.69, 9.17) is 9.84 Å². The highest BCUT2D eigenvalue weighted by atomic mass is 16.5. The molecule has 1 heterocycles. The zero-order valence-electron chi connectivity index (χ0n) is 15.5. The molecule has 1 aliphatic rings. The first kappa shape index (κ1) is 20.2. The summed E-state index contributed by atoms with van der Waals surface area (Å²) in [5.41, 5.74) is -0.765. The maximum atomic E-state index is 12.9. The first-order valence-corrected chi connectivity index (χ1v) is 8.51. The van der Waals surface area contributed by atoms with Crippen LogP contribution in [-0.4, -0.2) is 65.5 Å². The molecular formula is C18H23N3O6. The Morgan fingerprint density at radius 2 is 1.89 bits per heavy atom. The smallest absolute Gasteiger partial charge is 0.325 e. The monoisotopic (exact) mass is 377 g/mol. The fourth-order valence-corrected chi connectivity index (χ4v) is 2.92. The molecule has 9 heteroatoms. The van der Waals surface area contributed by atoms with E-state index in [0.717, 1.165) is 9.80 Å². The number of ether oxygens (including phenoxy) is 1. The predicted molar refractivity (Wildman–Crippen MR) is 95.1 cm³/mol. The van der Waals surface area contributed by atoms with Gasteiger partial charge in [-0.25, -0.2) is 4.79 Å². The fraction of sp³-hybridized carbons (Fsp3) is 0.444. The third kappa shape index (κ3) is 4.18. The van der Waals surface area contributed by atoms with Gasteiger partial charge in [0.25, 0.3) is 5.91 Å². The maximum absolute atomic E-state index is 12.9. The lowest BCUT2D eigenvalue weighted by atomic mass is 9.92. The highest BCUT2D eigenvalue weighted by molar-refractivity contribution is 6.09. The molecule has 2 N–H and O–H groups in total. The third-order valence-corrected chi connectivity index (χ3v) is 4.41. The number of imide groups is 1. The van der Waals surface area contributed by atoms with Gasteiger partial charge in [0.05, 0.1) is 7.11 Å². The number of rotatable bonds is 8. The Hall–Kier alpha value is -3.10. The Balaban J connectivity index is 2.19. The summed E-state index contributed by atoms with van der Waals surface area (Å²) < 4.78 is 5.09. The van der Waals surface area contributed by atoms with E-state index in [1.807, 2.05) is 0 Å². The van der Waals surface area contributed by atoms with Crippen molar-refractivity contribution in [1.29, 1.82) is 0 Å². The molecule has 146 valence electrons. The van der Waals surface area contributed by atoms with Crippen molar-refractivity contribution in [2.24, 2.45) is 0 Å². The molecule has 1 unspecified atom stereocenters. The average molecular weight is 377 g/mol. The minimum absolute atomic E-state index is 0.227. The van der Waals surface area contributed by atoms with Crippen molar-refractivity contribution in [2.45, 2.75) is 25.8 Å². The number of hydrogen-bond acceptors (Lipinski definition) is 5. The highest BCUT2D eigenvalue weighted by Gasteiger charge is 2.49. The van der Waals surface area contributed by atoms with Gasteiger partial charge >= 0.3 is 12.0 Å². The molecule has 1 aliphatic heterocycles. The van der Waals surface area contributed by atoms with Gasteiger partial charge in [-0.05, 0) is 31.0 Å². The molecule has 9 nitrogen and oxygen atoms in total. The van der Waals surface area contributed by atoms with Crippen LogP contribution in [0.25, 0.3) is 0 Å². The first-order chi connectivity index (χ1) is 12.7. The molecule has 1 fully saturated rings. The van der Waals surface area contributed by atoms with E-state index in [-0.39, 0.29) is 6.54 Å². The molecule has 0 radical (unpaired) electrons. The molecule has 0 spiro atoms. The largest absolute Gasteiger partial charge is 0.497 e.